The molecule has 0 saturated carbocycles. The average Bonchev–Trinajstić information content (AvgIpc) is 2.54. The summed E-state index contributed by atoms with van der Waals surface area (Å²) in [5.74, 6) is 0.110. The van der Waals surface area contributed by atoms with Gasteiger partial charge in [0.05, 0.1) is 11.3 Å². The first-order chi connectivity index (χ1) is 11.3. The van der Waals surface area contributed by atoms with Crippen LogP contribution in [0.25, 0.3) is 0 Å². The zero-order valence-electron chi connectivity index (χ0n) is 12.7. The zero-order valence-corrected chi connectivity index (χ0v) is 13.5. The van der Waals surface area contributed by atoms with E-state index in [2.05, 4.69) is 9.88 Å². The van der Waals surface area contributed by atoms with Gasteiger partial charge in [-0.25, -0.2) is 4.98 Å². The fourth-order valence-electron chi connectivity index (χ4n) is 2.75. The van der Waals surface area contributed by atoms with Crippen molar-refractivity contribution < 1.29 is 13.2 Å². The summed E-state index contributed by atoms with van der Waals surface area (Å²) in [6, 6.07) is 8.57. The van der Waals surface area contributed by atoms with E-state index in [-0.39, 0.29) is 5.82 Å². The largest absolute Gasteiger partial charge is 0.417 e. The molecule has 0 radical (unpaired) electrons. The molecule has 1 saturated heterocycles. The van der Waals surface area contributed by atoms with Crippen LogP contribution in [0.5, 0.6) is 0 Å². The van der Waals surface area contributed by atoms with Crippen LogP contribution in [0.1, 0.15) is 5.56 Å². The molecule has 0 unspecified atom stereocenters. The van der Waals surface area contributed by atoms with Crippen LogP contribution in [0, 0.1) is 0 Å². The minimum absolute atomic E-state index is 0.110. The molecule has 2 N–H and O–H groups in total. The van der Waals surface area contributed by atoms with E-state index in [0.29, 0.717) is 36.9 Å². The zero-order chi connectivity index (χ0) is 17.3. The molecule has 128 valence electrons. The van der Waals surface area contributed by atoms with E-state index in [1.165, 1.54) is 0 Å². The maximum atomic E-state index is 12.9. The molecule has 1 aliphatic heterocycles. The third kappa shape index (κ3) is 3.51. The van der Waals surface area contributed by atoms with Crippen molar-refractivity contribution >= 4 is 28.8 Å². The number of benzene rings is 1. The highest BCUT2D eigenvalue weighted by atomic mass is 35.5. The molecular weight excluding hydrogens is 341 g/mol. The van der Waals surface area contributed by atoms with Crippen molar-refractivity contribution in [3.05, 3.63) is 47.1 Å². The molecule has 0 atom stereocenters. The lowest BCUT2D eigenvalue weighted by atomic mass is 10.2. The van der Waals surface area contributed by atoms with Gasteiger partial charge in [-0.3, -0.25) is 0 Å². The van der Waals surface area contributed by atoms with Crippen molar-refractivity contribution in [2.24, 2.45) is 0 Å². The van der Waals surface area contributed by atoms with Crippen LogP contribution < -0.4 is 15.5 Å². The summed E-state index contributed by atoms with van der Waals surface area (Å²) >= 11 is 6.00. The molecule has 0 spiro atoms. The van der Waals surface area contributed by atoms with Crippen LogP contribution >= 0.6 is 11.6 Å². The number of rotatable bonds is 2. The predicted molar refractivity (Wildman–Crippen MR) is 89.5 cm³/mol. The van der Waals surface area contributed by atoms with E-state index < -0.39 is 11.7 Å². The highest BCUT2D eigenvalue weighted by Crippen LogP contribution is 2.33. The number of anilines is 3. The average molecular weight is 357 g/mol. The number of pyridine rings is 1. The van der Waals surface area contributed by atoms with Crippen molar-refractivity contribution in [1.82, 2.24) is 4.98 Å². The monoisotopic (exact) mass is 356 g/mol. The molecule has 2 heterocycles. The van der Waals surface area contributed by atoms with E-state index in [0.717, 1.165) is 18.0 Å². The number of nitrogens with two attached hydrogens (primary N) is 1. The van der Waals surface area contributed by atoms with E-state index in [1.54, 1.807) is 6.07 Å². The third-order valence-electron chi connectivity index (χ3n) is 4.02. The van der Waals surface area contributed by atoms with Crippen LogP contribution in [0.15, 0.2) is 36.5 Å². The summed E-state index contributed by atoms with van der Waals surface area (Å²) in [5, 5.41) is 0.654. The lowest BCUT2D eigenvalue weighted by Gasteiger charge is -2.37. The van der Waals surface area contributed by atoms with E-state index in [4.69, 9.17) is 17.3 Å². The van der Waals surface area contributed by atoms with Gasteiger partial charge in [0.1, 0.15) is 5.82 Å². The quantitative estimate of drug-likeness (QED) is 0.892. The standard InChI is InChI=1S/C16H16ClF3N4/c17-12-2-1-3-13(9-12)23-4-6-24(7-5-23)14-8-11(16(18,19)20)10-22-15(14)21/h1-3,8-10H,4-7H2,(H2,21,22). The summed E-state index contributed by atoms with van der Waals surface area (Å²) in [6.45, 7) is 2.44. The summed E-state index contributed by atoms with van der Waals surface area (Å²) in [5.41, 5.74) is 6.32. The number of nitrogen functional groups attached to an aromatic ring is 1. The molecule has 0 amide bonds. The Bertz CT molecular complexity index is 728. The van der Waals surface area contributed by atoms with Crippen molar-refractivity contribution in [3.63, 3.8) is 0 Å². The van der Waals surface area contributed by atoms with Gasteiger partial charge in [0.2, 0.25) is 0 Å². The van der Waals surface area contributed by atoms with Crippen LogP contribution in [-0.2, 0) is 6.18 Å². The van der Waals surface area contributed by atoms with Crippen LogP contribution in [0.4, 0.5) is 30.4 Å². The van der Waals surface area contributed by atoms with Crippen molar-refractivity contribution in [2.45, 2.75) is 6.18 Å². The number of aromatic nitrogens is 1. The molecule has 24 heavy (non-hydrogen) atoms. The summed E-state index contributed by atoms with van der Waals surface area (Å²) in [6.07, 6.45) is -3.67. The van der Waals surface area contributed by atoms with Gasteiger partial charge in [-0.1, -0.05) is 17.7 Å². The van der Waals surface area contributed by atoms with Crippen LogP contribution in [0.2, 0.25) is 5.02 Å². The Labute approximate surface area is 142 Å². The Morgan fingerprint density at radius 1 is 1.04 bits per heavy atom. The highest BCUT2D eigenvalue weighted by Gasteiger charge is 2.32. The number of nitrogens with zero attached hydrogens (tertiary/aromatic N) is 3. The number of hydrogen-bond donors (Lipinski definition) is 1. The molecular formula is C16H16ClF3N4. The maximum absolute atomic E-state index is 12.9. The maximum Gasteiger partial charge on any atom is 0.417 e. The topological polar surface area (TPSA) is 45.4 Å². The minimum atomic E-state index is -4.43. The van der Waals surface area contributed by atoms with Crippen molar-refractivity contribution in [2.75, 3.05) is 41.7 Å². The van der Waals surface area contributed by atoms with E-state index in [1.807, 2.05) is 23.1 Å². The third-order valence-corrected chi connectivity index (χ3v) is 4.25. The molecule has 1 aliphatic rings. The van der Waals surface area contributed by atoms with Gasteiger partial charge in [-0.15, -0.1) is 0 Å². The fourth-order valence-corrected chi connectivity index (χ4v) is 2.93. The number of halogens is 4. The Morgan fingerprint density at radius 3 is 2.33 bits per heavy atom. The molecule has 1 fully saturated rings. The highest BCUT2D eigenvalue weighted by molar-refractivity contribution is 6.30. The van der Waals surface area contributed by atoms with Crippen molar-refractivity contribution in [1.29, 1.82) is 0 Å². The first kappa shape index (κ1) is 16.7. The van der Waals surface area contributed by atoms with Gasteiger partial charge in [0.25, 0.3) is 0 Å². The molecule has 1 aromatic carbocycles. The summed E-state index contributed by atoms with van der Waals surface area (Å²) in [4.78, 5) is 7.67. The van der Waals surface area contributed by atoms with Crippen LogP contribution in [0.3, 0.4) is 0 Å². The second-order valence-corrected chi connectivity index (χ2v) is 6.02. The second-order valence-electron chi connectivity index (χ2n) is 5.58. The fraction of sp³-hybridized carbons (Fsp3) is 0.312. The Hall–Kier alpha value is -2.15. The lowest BCUT2D eigenvalue weighted by molar-refractivity contribution is -0.137. The van der Waals surface area contributed by atoms with Gasteiger partial charge in [0.15, 0.2) is 0 Å². The Kier molecular flexibility index (Phi) is 4.45. The second kappa shape index (κ2) is 6.39. The van der Waals surface area contributed by atoms with Gasteiger partial charge in [0, 0.05) is 43.1 Å². The first-order valence-electron chi connectivity index (χ1n) is 7.43. The molecule has 1 aromatic heterocycles. The molecule has 0 aliphatic carbocycles. The normalized spacial score (nSPS) is 15.7. The van der Waals surface area contributed by atoms with Gasteiger partial charge in [-0.05, 0) is 24.3 Å². The van der Waals surface area contributed by atoms with Gasteiger partial charge >= 0.3 is 6.18 Å². The lowest BCUT2D eigenvalue weighted by Crippen LogP contribution is -2.46. The van der Waals surface area contributed by atoms with Gasteiger partial charge < -0.3 is 15.5 Å². The minimum Gasteiger partial charge on any atom is -0.382 e. The van der Waals surface area contributed by atoms with Gasteiger partial charge in [-0.2, -0.15) is 13.2 Å². The summed E-state index contributed by atoms with van der Waals surface area (Å²) < 4.78 is 38.6. The number of hydrogen-bond acceptors (Lipinski definition) is 4. The molecule has 3 rings (SSSR count). The SMILES string of the molecule is Nc1ncc(C(F)(F)F)cc1N1CCN(c2cccc(Cl)c2)CC1. The summed E-state index contributed by atoms with van der Waals surface area (Å²) in [7, 11) is 0. The predicted octanol–water partition coefficient (Wildman–Crippen LogP) is 3.66. The molecule has 8 heteroatoms. The number of alkyl halides is 3. The van der Waals surface area contributed by atoms with Crippen molar-refractivity contribution in [3.8, 4) is 0 Å². The smallest absolute Gasteiger partial charge is 0.382 e. The molecule has 0 bridgehead atoms. The Morgan fingerprint density at radius 2 is 1.71 bits per heavy atom. The van der Waals surface area contributed by atoms with Crippen LogP contribution in [-0.4, -0.2) is 31.2 Å². The number of piperazine rings is 1. The molecule has 2 aromatic rings. The first-order valence-corrected chi connectivity index (χ1v) is 7.80. The Balaban J connectivity index is 1.75. The van der Waals surface area contributed by atoms with E-state index in [9.17, 15) is 13.2 Å². The molecule has 4 nitrogen and oxygen atoms in total. The van der Waals surface area contributed by atoms with E-state index >= 15 is 0 Å².